The molecule has 0 saturated carbocycles. The van der Waals surface area contributed by atoms with Crippen LogP contribution in [0.4, 0.5) is 11.4 Å². The Labute approximate surface area is 119 Å². The van der Waals surface area contributed by atoms with Crippen molar-refractivity contribution in [3.63, 3.8) is 0 Å². The second-order valence-electron chi connectivity index (χ2n) is 5.84. The molecule has 0 radical (unpaired) electrons. The average molecular weight is 275 g/mol. The van der Waals surface area contributed by atoms with Crippen LogP contribution in [0.1, 0.15) is 23.2 Å². The van der Waals surface area contributed by atoms with E-state index in [4.69, 9.17) is 10.5 Å². The molecule has 1 aromatic rings. The summed E-state index contributed by atoms with van der Waals surface area (Å²) in [5.41, 5.74) is 8.25. The average Bonchev–Trinajstić information content (AvgIpc) is 2.76. The third-order valence-electron chi connectivity index (χ3n) is 4.09. The highest BCUT2D eigenvalue weighted by atomic mass is 16.5. The zero-order valence-corrected chi connectivity index (χ0v) is 12.0. The zero-order valence-electron chi connectivity index (χ0n) is 12.0. The molecule has 1 aromatic carbocycles. The van der Waals surface area contributed by atoms with Gasteiger partial charge >= 0.3 is 0 Å². The van der Waals surface area contributed by atoms with Crippen molar-refractivity contribution in [3.8, 4) is 0 Å². The number of rotatable bonds is 2. The van der Waals surface area contributed by atoms with Crippen molar-refractivity contribution in [2.45, 2.75) is 25.0 Å². The summed E-state index contributed by atoms with van der Waals surface area (Å²) in [6, 6.07) is 5.53. The molecule has 0 aliphatic carbocycles. The third kappa shape index (κ3) is 2.33. The molecule has 3 rings (SSSR count). The molecule has 20 heavy (non-hydrogen) atoms. The van der Waals surface area contributed by atoms with E-state index in [2.05, 4.69) is 0 Å². The smallest absolute Gasteiger partial charge is 0.254 e. The van der Waals surface area contributed by atoms with Gasteiger partial charge in [-0.15, -0.1) is 0 Å². The fourth-order valence-corrected chi connectivity index (χ4v) is 3.06. The highest BCUT2D eigenvalue weighted by Gasteiger charge is 2.35. The highest BCUT2D eigenvalue weighted by Crippen LogP contribution is 2.28. The molecular formula is C15H21N3O2. The Balaban J connectivity index is 1.79. The van der Waals surface area contributed by atoms with Crippen molar-refractivity contribution < 1.29 is 9.53 Å². The van der Waals surface area contributed by atoms with Crippen LogP contribution in [0.2, 0.25) is 0 Å². The minimum atomic E-state index is 0.0576. The molecule has 2 saturated heterocycles. The number of morpholine rings is 1. The largest absolute Gasteiger partial charge is 0.397 e. The van der Waals surface area contributed by atoms with Gasteiger partial charge < -0.3 is 20.3 Å². The Hall–Kier alpha value is -1.75. The molecule has 2 aliphatic heterocycles. The molecule has 5 nitrogen and oxygen atoms in total. The van der Waals surface area contributed by atoms with Gasteiger partial charge in [0.1, 0.15) is 0 Å². The summed E-state index contributed by atoms with van der Waals surface area (Å²) in [7, 11) is 3.87. The number of carbonyl (C=O) groups excluding carboxylic acids is 1. The van der Waals surface area contributed by atoms with Crippen LogP contribution in [-0.4, -0.2) is 50.2 Å². The molecule has 108 valence electrons. The number of benzene rings is 1. The second kappa shape index (κ2) is 4.98. The van der Waals surface area contributed by atoms with Crippen LogP contribution in [0.15, 0.2) is 18.2 Å². The van der Waals surface area contributed by atoms with E-state index in [0.29, 0.717) is 24.3 Å². The SMILES string of the molecule is CN(C)c1ccc(C(=O)N2CC3CCC(C2)O3)cc1N. The predicted molar refractivity (Wildman–Crippen MR) is 79.0 cm³/mol. The van der Waals surface area contributed by atoms with Gasteiger partial charge in [-0.05, 0) is 31.0 Å². The number of nitrogens with two attached hydrogens (primary N) is 1. The first-order valence-electron chi connectivity index (χ1n) is 7.06. The summed E-state index contributed by atoms with van der Waals surface area (Å²) < 4.78 is 5.76. The Morgan fingerprint density at radius 3 is 2.50 bits per heavy atom. The Bertz CT molecular complexity index is 518. The predicted octanol–water partition coefficient (Wildman–Crippen LogP) is 1.34. The summed E-state index contributed by atoms with van der Waals surface area (Å²) in [4.78, 5) is 16.4. The Kier molecular flexibility index (Phi) is 3.30. The number of fused-ring (bicyclic) bond motifs is 2. The van der Waals surface area contributed by atoms with Crippen molar-refractivity contribution in [1.29, 1.82) is 0 Å². The number of carbonyl (C=O) groups is 1. The number of anilines is 2. The van der Waals surface area contributed by atoms with Gasteiger partial charge in [0.2, 0.25) is 0 Å². The minimum absolute atomic E-state index is 0.0576. The molecule has 2 bridgehead atoms. The standard InChI is InChI=1S/C15H21N3O2/c1-17(2)14-6-3-10(7-13(14)16)15(19)18-8-11-4-5-12(9-18)20-11/h3,6-7,11-12H,4-5,8-9,16H2,1-2H3. The molecule has 2 unspecified atom stereocenters. The van der Waals surface area contributed by atoms with Crippen LogP contribution < -0.4 is 10.6 Å². The molecule has 5 heteroatoms. The number of nitrogen functional groups attached to an aromatic ring is 1. The molecule has 0 spiro atoms. The number of hydrogen-bond donors (Lipinski definition) is 1. The summed E-state index contributed by atoms with van der Waals surface area (Å²) in [5.74, 6) is 0.0576. The lowest BCUT2D eigenvalue weighted by Gasteiger charge is -2.32. The van der Waals surface area contributed by atoms with Crippen LogP contribution in [0, 0.1) is 0 Å². The van der Waals surface area contributed by atoms with Crippen molar-refractivity contribution in [2.24, 2.45) is 0 Å². The van der Waals surface area contributed by atoms with Crippen molar-refractivity contribution in [2.75, 3.05) is 37.8 Å². The Morgan fingerprint density at radius 2 is 1.95 bits per heavy atom. The molecule has 2 aliphatic rings. The number of hydrogen-bond acceptors (Lipinski definition) is 4. The number of nitrogens with zero attached hydrogens (tertiary/aromatic N) is 2. The summed E-state index contributed by atoms with van der Waals surface area (Å²) in [6.45, 7) is 1.40. The summed E-state index contributed by atoms with van der Waals surface area (Å²) in [5, 5.41) is 0. The molecular weight excluding hydrogens is 254 g/mol. The molecule has 2 fully saturated rings. The highest BCUT2D eigenvalue weighted by molar-refractivity contribution is 5.96. The van der Waals surface area contributed by atoms with Crippen molar-refractivity contribution in [1.82, 2.24) is 4.90 Å². The monoisotopic (exact) mass is 275 g/mol. The number of ether oxygens (including phenoxy) is 1. The first kappa shape index (κ1) is 13.2. The molecule has 2 atom stereocenters. The van der Waals surface area contributed by atoms with E-state index < -0.39 is 0 Å². The van der Waals surface area contributed by atoms with E-state index in [1.807, 2.05) is 36.0 Å². The van der Waals surface area contributed by atoms with Gasteiger partial charge in [0, 0.05) is 32.7 Å². The summed E-state index contributed by atoms with van der Waals surface area (Å²) >= 11 is 0. The Morgan fingerprint density at radius 1 is 1.30 bits per heavy atom. The summed E-state index contributed by atoms with van der Waals surface area (Å²) in [6.07, 6.45) is 2.57. The zero-order chi connectivity index (χ0) is 14.3. The first-order chi connectivity index (χ1) is 9.54. The van der Waals surface area contributed by atoms with Gasteiger partial charge in [-0.3, -0.25) is 4.79 Å². The first-order valence-corrected chi connectivity index (χ1v) is 7.06. The van der Waals surface area contributed by atoms with E-state index in [9.17, 15) is 4.79 Å². The van der Waals surface area contributed by atoms with Gasteiger partial charge in [-0.2, -0.15) is 0 Å². The van der Waals surface area contributed by atoms with E-state index >= 15 is 0 Å². The lowest BCUT2D eigenvalue weighted by Crippen LogP contribution is -2.45. The van der Waals surface area contributed by atoms with Crippen molar-refractivity contribution in [3.05, 3.63) is 23.8 Å². The molecule has 1 amide bonds. The fraction of sp³-hybridized carbons (Fsp3) is 0.533. The second-order valence-corrected chi connectivity index (χ2v) is 5.84. The van der Waals surface area contributed by atoms with E-state index in [0.717, 1.165) is 18.5 Å². The molecule has 2 N–H and O–H groups in total. The molecule has 2 heterocycles. The minimum Gasteiger partial charge on any atom is -0.397 e. The van der Waals surface area contributed by atoms with Crippen LogP contribution in [0.5, 0.6) is 0 Å². The van der Waals surface area contributed by atoms with Crippen LogP contribution in [0.3, 0.4) is 0 Å². The van der Waals surface area contributed by atoms with Gasteiger partial charge in [-0.1, -0.05) is 0 Å². The van der Waals surface area contributed by atoms with E-state index in [1.54, 1.807) is 6.07 Å². The maximum Gasteiger partial charge on any atom is 0.254 e. The number of likely N-dealkylation sites (tertiary alicyclic amines) is 1. The van der Waals surface area contributed by atoms with Crippen molar-refractivity contribution >= 4 is 17.3 Å². The normalized spacial score (nSPS) is 24.8. The molecule has 0 aromatic heterocycles. The van der Waals surface area contributed by atoms with Gasteiger partial charge in [0.15, 0.2) is 0 Å². The van der Waals surface area contributed by atoms with E-state index in [1.165, 1.54) is 0 Å². The lowest BCUT2D eigenvalue weighted by atomic mass is 10.1. The third-order valence-corrected chi connectivity index (χ3v) is 4.09. The van der Waals surface area contributed by atoms with E-state index in [-0.39, 0.29) is 18.1 Å². The van der Waals surface area contributed by atoms with Crippen LogP contribution in [-0.2, 0) is 4.74 Å². The number of amides is 1. The lowest BCUT2D eigenvalue weighted by molar-refractivity contribution is -0.0303. The van der Waals surface area contributed by atoms with Gasteiger partial charge in [-0.25, -0.2) is 0 Å². The quantitative estimate of drug-likeness (QED) is 0.827. The topological polar surface area (TPSA) is 58.8 Å². The maximum absolute atomic E-state index is 12.6. The van der Waals surface area contributed by atoms with Crippen LogP contribution in [0.25, 0.3) is 0 Å². The van der Waals surface area contributed by atoms with Gasteiger partial charge in [0.25, 0.3) is 5.91 Å². The maximum atomic E-state index is 12.6. The fourth-order valence-electron chi connectivity index (χ4n) is 3.06. The van der Waals surface area contributed by atoms with Crippen LogP contribution >= 0.6 is 0 Å². The van der Waals surface area contributed by atoms with Gasteiger partial charge in [0.05, 0.1) is 23.6 Å².